The SMILES string of the molecule is Cc1[nH]c(C(O)CN)nc1-c1ccc(C(C)C)cc1. The number of imidazole rings is 1. The lowest BCUT2D eigenvalue weighted by Crippen LogP contribution is -2.12. The first kappa shape index (κ1) is 13.8. The highest BCUT2D eigenvalue weighted by molar-refractivity contribution is 5.62. The van der Waals surface area contributed by atoms with Crippen molar-refractivity contribution >= 4 is 0 Å². The predicted octanol–water partition coefficient (Wildman–Crippen LogP) is 2.50. The summed E-state index contributed by atoms with van der Waals surface area (Å²) < 4.78 is 0. The third kappa shape index (κ3) is 2.85. The smallest absolute Gasteiger partial charge is 0.137 e. The molecule has 1 heterocycles. The van der Waals surface area contributed by atoms with Crippen LogP contribution >= 0.6 is 0 Å². The first-order chi connectivity index (χ1) is 9.02. The van der Waals surface area contributed by atoms with E-state index in [0.29, 0.717) is 11.7 Å². The lowest BCUT2D eigenvalue weighted by molar-refractivity contribution is 0.177. The van der Waals surface area contributed by atoms with E-state index in [0.717, 1.165) is 17.0 Å². The van der Waals surface area contributed by atoms with Crippen molar-refractivity contribution in [1.82, 2.24) is 9.97 Å². The molecule has 0 saturated carbocycles. The van der Waals surface area contributed by atoms with Gasteiger partial charge in [-0.15, -0.1) is 0 Å². The van der Waals surface area contributed by atoms with E-state index in [9.17, 15) is 5.11 Å². The lowest BCUT2D eigenvalue weighted by Gasteiger charge is -2.06. The summed E-state index contributed by atoms with van der Waals surface area (Å²) in [5.74, 6) is 1.05. The molecule has 4 N–H and O–H groups in total. The van der Waals surface area contributed by atoms with Gasteiger partial charge in [-0.05, 0) is 18.4 Å². The monoisotopic (exact) mass is 259 g/mol. The minimum atomic E-state index is -0.734. The Morgan fingerprint density at radius 3 is 2.42 bits per heavy atom. The molecule has 0 bridgehead atoms. The van der Waals surface area contributed by atoms with Crippen LogP contribution in [-0.2, 0) is 0 Å². The number of nitrogens with two attached hydrogens (primary N) is 1. The summed E-state index contributed by atoms with van der Waals surface area (Å²) in [4.78, 5) is 7.53. The third-order valence-corrected chi connectivity index (χ3v) is 3.29. The fourth-order valence-corrected chi connectivity index (χ4v) is 2.06. The van der Waals surface area contributed by atoms with Crippen LogP contribution in [0, 0.1) is 6.92 Å². The zero-order valence-corrected chi connectivity index (χ0v) is 11.6. The molecule has 0 aliphatic heterocycles. The molecule has 0 fully saturated rings. The maximum atomic E-state index is 9.71. The molecule has 1 aromatic heterocycles. The molecule has 2 aromatic rings. The zero-order valence-electron chi connectivity index (χ0n) is 11.6. The Labute approximate surface area is 113 Å². The van der Waals surface area contributed by atoms with E-state index in [1.54, 1.807) is 0 Å². The summed E-state index contributed by atoms with van der Waals surface area (Å²) in [7, 11) is 0. The number of aromatic amines is 1. The van der Waals surface area contributed by atoms with Crippen molar-refractivity contribution < 1.29 is 5.11 Å². The van der Waals surface area contributed by atoms with Crippen molar-refractivity contribution in [2.75, 3.05) is 6.54 Å². The highest BCUT2D eigenvalue weighted by Crippen LogP contribution is 2.25. The predicted molar refractivity (Wildman–Crippen MR) is 76.9 cm³/mol. The van der Waals surface area contributed by atoms with Gasteiger partial charge in [-0.3, -0.25) is 0 Å². The maximum absolute atomic E-state index is 9.71. The molecule has 0 amide bonds. The second-order valence-electron chi connectivity index (χ2n) is 5.12. The highest BCUT2D eigenvalue weighted by Gasteiger charge is 2.14. The topological polar surface area (TPSA) is 74.9 Å². The van der Waals surface area contributed by atoms with Gasteiger partial charge in [0, 0.05) is 17.8 Å². The van der Waals surface area contributed by atoms with Crippen LogP contribution < -0.4 is 5.73 Å². The Morgan fingerprint density at radius 1 is 1.26 bits per heavy atom. The quantitative estimate of drug-likeness (QED) is 0.789. The number of benzene rings is 1. The molecular weight excluding hydrogens is 238 g/mol. The normalized spacial score (nSPS) is 12.9. The van der Waals surface area contributed by atoms with Gasteiger partial charge in [0.25, 0.3) is 0 Å². The van der Waals surface area contributed by atoms with Gasteiger partial charge in [0.05, 0.1) is 5.69 Å². The Balaban J connectivity index is 2.33. The van der Waals surface area contributed by atoms with Crippen LogP contribution in [0.1, 0.15) is 43.0 Å². The van der Waals surface area contributed by atoms with Gasteiger partial charge in [0.15, 0.2) is 0 Å². The highest BCUT2D eigenvalue weighted by atomic mass is 16.3. The van der Waals surface area contributed by atoms with Crippen molar-refractivity contribution in [2.45, 2.75) is 32.8 Å². The van der Waals surface area contributed by atoms with Gasteiger partial charge in [0.1, 0.15) is 11.9 Å². The van der Waals surface area contributed by atoms with Crippen LogP contribution in [0.25, 0.3) is 11.3 Å². The second-order valence-corrected chi connectivity index (χ2v) is 5.12. The third-order valence-electron chi connectivity index (χ3n) is 3.29. The average molecular weight is 259 g/mol. The van der Waals surface area contributed by atoms with Crippen molar-refractivity contribution in [3.8, 4) is 11.3 Å². The number of nitrogens with zero attached hydrogens (tertiary/aromatic N) is 1. The summed E-state index contributed by atoms with van der Waals surface area (Å²) in [6.07, 6.45) is -0.734. The molecule has 0 spiro atoms. The van der Waals surface area contributed by atoms with Crippen LogP contribution in [0.3, 0.4) is 0 Å². The van der Waals surface area contributed by atoms with Crippen molar-refractivity contribution in [1.29, 1.82) is 0 Å². The summed E-state index contributed by atoms with van der Waals surface area (Å²) in [5, 5.41) is 9.71. The molecule has 102 valence electrons. The van der Waals surface area contributed by atoms with Crippen LogP contribution in [0.4, 0.5) is 0 Å². The fraction of sp³-hybridized carbons (Fsp3) is 0.400. The molecule has 0 saturated heterocycles. The van der Waals surface area contributed by atoms with Gasteiger partial charge < -0.3 is 15.8 Å². The Morgan fingerprint density at radius 2 is 1.89 bits per heavy atom. The van der Waals surface area contributed by atoms with Crippen LogP contribution in [0.2, 0.25) is 0 Å². The van der Waals surface area contributed by atoms with Crippen LogP contribution in [-0.4, -0.2) is 21.6 Å². The average Bonchev–Trinajstić information content (AvgIpc) is 2.80. The fourth-order valence-electron chi connectivity index (χ4n) is 2.06. The van der Waals surface area contributed by atoms with Crippen molar-refractivity contribution in [2.24, 2.45) is 5.73 Å². The number of aliphatic hydroxyl groups excluding tert-OH is 1. The first-order valence-electron chi connectivity index (χ1n) is 6.58. The van der Waals surface area contributed by atoms with E-state index < -0.39 is 6.10 Å². The molecule has 1 atom stereocenters. The standard InChI is InChI=1S/C15H21N3O/c1-9(2)11-4-6-12(7-5-11)14-10(3)17-15(18-14)13(19)8-16/h4-7,9,13,19H,8,16H2,1-3H3,(H,17,18). The molecule has 0 radical (unpaired) electrons. The largest absolute Gasteiger partial charge is 0.384 e. The minimum absolute atomic E-state index is 0.165. The molecule has 4 heteroatoms. The Bertz CT molecular complexity index is 543. The van der Waals surface area contributed by atoms with E-state index >= 15 is 0 Å². The number of nitrogens with one attached hydrogen (secondary N) is 1. The summed E-state index contributed by atoms with van der Waals surface area (Å²) in [6, 6.07) is 8.37. The summed E-state index contributed by atoms with van der Waals surface area (Å²) >= 11 is 0. The maximum Gasteiger partial charge on any atom is 0.137 e. The lowest BCUT2D eigenvalue weighted by atomic mass is 10.0. The number of rotatable bonds is 4. The molecule has 1 unspecified atom stereocenters. The minimum Gasteiger partial charge on any atom is -0.384 e. The number of aromatic nitrogens is 2. The van der Waals surface area contributed by atoms with Crippen molar-refractivity contribution in [3.63, 3.8) is 0 Å². The zero-order chi connectivity index (χ0) is 14.0. The summed E-state index contributed by atoms with van der Waals surface area (Å²) in [6.45, 7) is 6.46. The number of H-pyrrole nitrogens is 1. The molecule has 4 nitrogen and oxygen atoms in total. The van der Waals surface area contributed by atoms with E-state index in [-0.39, 0.29) is 6.54 Å². The van der Waals surface area contributed by atoms with Crippen LogP contribution in [0.5, 0.6) is 0 Å². The Hall–Kier alpha value is -1.65. The van der Waals surface area contributed by atoms with Gasteiger partial charge >= 0.3 is 0 Å². The van der Waals surface area contributed by atoms with E-state index in [4.69, 9.17) is 5.73 Å². The number of hydrogen-bond acceptors (Lipinski definition) is 3. The van der Waals surface area contributed by atoms with E-state index in [1.807, 2.05) is 6.92 Å². The number of aryl methyl sites for hydroxylation is 1. The van der Waals surface area contributed by atoms with Crippen LogP contribution in [0.15, 0.2) is 24.3 Å². The first-order valence-corrected chi connectivity index (χ1v) is 6.58. The van der Waals surface area contributed by atoms with E-state index in [2.05, 4.69) is 48.1 Å². The molecule has 1 aromatic carbocycles. The van der Waals surface area contributed by atoms with E-state index in [1.165, 1.54) is 5.56 Å². The molecular formula is C15H21N3O. The summed E-state index contributed by atoms with van der Waals surface area (Å²) in [5.41, 5.74) is 9.62. The van der Waals surface area contributed by atoms with Gasteiger partial charge in [-0.1, -0.05) is 38.1 Å². The number of hydrogen-bond donors (Lipinski definition) is 3. The molecule has 0 aliphatic rings. The molecule has 2 rings (SSSR count). The second kappa shape index (κ2) is 5.55. The van der Waals surface area contributed by atoms with Crippen molar-refractivity contribution in [3.05, 3.63) is 41.3 Å². The molecule has 0 aliphatic carbocycles. The molecule has 19 heavy (non-hydrogen) atoms. The van der Waals surface area contributed by atoms with Gasteiger partial charge in [-0.2, -0.15) is 0 Å². The van der Waals surface area contributed by atoms with Gasteiger partial charge in [-0.25, -0.2) is 4.98 Å². The Kier molecular flexibility index (Phi) is 4.02. The number of aliphatic hydroxyl groups is 1. The van der Waals surface area contributed by atoms with Gasteiger partial charge in [0.2, 0.25) is 0 Å².